The van der Waals surface area contributed by atoms with E-state index in [2.05, 4.69) is 5.32 Å². The lowest BCUT2D eigenvalue weighted by Gasteiger charge is -2.26. The zero-order chi connectivity index (χ0) is 13.7. The van der Waals surface area contributed by atoms with Gasteiger partial charge in [-0.15, -0.1) is 0 Å². The molecule has 0 aromatic heterocycles. The second-order valence-corrected chi connectivity index (χ2v) is 6.78. The van der Waals surface area contributed by atoms with E-state index < -0.39 is 9.84 Å². The molecule has 0 saturated heterocycles. The summed E-state index contributed by atoms with van der Waals surface area (Å²) in [5.41, 5.74) is 0.908. The van der Waals surface area contributed by atoms with Gasteiger partial charge in [-0.3, -0.25) is 0 Å². The first-order valence-electron chi connectivity index (χ1n) is 6.78. The van der Waals surface area contributed by atoms with Crippen LogP contribution >= 0.6 is 0 Å². The van der Waals surface area contributed by atoms with Crippen molar-refractivity contribution in [1.29, 1.82) is 0 Å². The van der Waals surface area contributed by atoms with Crippen molar-refractivity contribution >= 4 is 9.84 Å². The summed E-state index contributed by atoms with van der Waals surface area (Å²) >= 11 is 0. The average Bonchev–Trinajstić information content (AvgIpc) is 2.41. The van der Waals surface area contributed by atoms with Crippen LogP contribution in [0.2, 0.25) is 0 Å². The molecule has 19 heavy (non-hydrogen) atoms. The summed E-state index contributed by atoms with van der Waals surface area (Å²) in [6.45, 7) is 4.31. The standard InChI is InChI=1S/C14H21NO3S/c1-2-18-10-5-9-15-13-8-11-19(16,17)14-7-4-3-6-12(13)14/h3-4,6-7,13,15H,2,5,8-11H2,1H3. The molecule has 0 bridgehead atoms. The molecule has 0 saturated carbocycles. The van der Waals surface area contributed by atoms with E-state index in [4.69, 9.17) is 4.74 Å². The molecule has 106 valence electrons. The maximum atomic E-state index is 12.0. The summed E-state index contributed by atoms with van der Waals surface area (Å²) in [5, 5.41) is 3.43. The van der Waals surface area contributed by atoms with Gasteiger partial charge in [-0.2, -0.15) is 0 Å². The van der Waals surface area contributed by atoms with Crippen LogP contribution in [-0.2, 0) is 14.6 Å². The summed E-state index contributed by atoms with van der Waals surface area (Å²) in [7, 11) is -3.08. The van der Waals surface area contributed by atoms with Crippen molar-refractivity contribution in [1.82, 2.24) is 5.32 Å². The van der Waals surface area contributed by atoms with Gasteiger partial charge in [-0.25, -0.2) is 8.42 Å². The Labute approximate surface area is 115 Å². The summed E-state index contributed by atoms with van der Waals surface area (Å²) in [5.74, 6) is 0.229. The molecule has 0 fully saturated rings. The van der Waals surface area contributed by atoms with Gasteiger partial charge >= 0.3 is 0 Å². The Morgan fingerprint density at radius 1 is 1.37 bits per heavy atom. The molecular weight excluding hydrogens is 262 g/mol. The van der Waals surface area contributed by atoms with E-state index in [9.17, 15) is 8.42 Å². The van der Waals surface area contributed by atoms with E-state index in [1.54, 1.807) is 12.1 Å². The van der Waals surface area contributed by atoms with E-state index >= 15 is 0 Å². The average molecular weight is 283 g/mol. The molecule has 0 radical (unpaired) electrons. The van der Waals surface area contributed by atoms with Gasteiger partial charge in [0.05, 0.1) is 10.6 Å². The number of fused-ring (bicyclic) bond motifs is 1. The van der Waals surface area contributed by atoms with E-state index in [1.807, 2.05) is 19.1 Å². The van der Waals surface area contributed by atoms with Gasteiger partial charge in [0.25, 0.3) is 0 Å². The zero-order valence-electron chi connectivity index (χ0n) is 11.3. The molecule has 2 rings (SSSR count). The topological polar surface area (TPSA) is 55.4 Å². The number of sulfone groups is 1. The zero-order valence-corrected chi connectivity index (χ0v) is 12.1. The predicted octanol–water partition coefficient (Wildman–Crippen LogP) is 1.92. The summed E-state index contributed by atoms with van der Waals surface area (Å²) in [6, 6.07) is 7.44. The molecule has 0 spiro atoms. The van der Waals surface area contributed by atoms with Crippen LogP contribution in [0.25, 0.3) is 0 Å². The first kappa shape index (κ1) is 14.5. The predicted molar refractivity (Wildman–Crippen MR) is 75.0 cm³/mol. The van der Waals surface area contributed by atoms with Crippen LogP contribution in [0, 0.1) is 0 Å². The van der Waals surface area contributed by atoms with Crippen LogP contribution < -0.4 is 5.32 Å². The molecule has 1 N–H and O–H groups in total. The van der Waals surface area contributed by atoms with Crippen LogP contribution in [0.3, 0.4) is 0 Å². The third-order valence-corrected chi connectivity index (χ3v) is 5.18. The third-order valence-electron chi connectivity index (χ3n) is 3.37. The van der Waals surface area contributed by atoms with E-state index in [1.165, 1.54) is 0 Å². The molecule has 0 aliphatic carbocycles. The largest absolute Gasteiger partial charge is 0.382 e. The molecular formula is C14H21NO3S. The lowest BCUT2D eigenvalue weighted by molar-refractivity contribution is 0.144. The highest BCUT2D eigenvalue weighted by atomic mass is 32.2. The fraction of sp³-hybridized carbons (Fsp3) is 0.571. The Morgan fingerprint density at radius 3 is 2.95 bits per heavy atom. The highest BCUT2D eigenvalue weighted by Crippen LogP contribution is 2.31. The van der Waals surface area contributed by atoms with Crippen molar-refractivity contribution in [2.24, 2.45) is 0 Å². The number of benzene rings is 1. The minimum Gasteiger partial charge on any atom is -0.382 e. The maximum absolute atomic E-state index is 12.0. The molecule has 4 nitrogen and oxygen atoms in total. The lowest BCUT2D eigenvalue weighted by atomic mass is 10.0. The van der Waals surface area contributed by atoms with Crippen LogP contribution in [0.15, 0.2) is 29.2 Å². The molecule has 1 aliphatic heterocycles. The number of nitrogens with one attached hydrogen (secondary N) is 1. The fourth-order valence-electron chi connectivity index (χ4n) is 2.40. The number of hydrogen-bond donors (Lipinski definition) is 1. The van der Waals surface area contributed by atoms with E-state index in [0.29, 0.717) is 11.3 Å². The van der Waals surface area contributed by atoms with Crippen molar-refractivity contribution in [3.05, 3.63) is 29.8 Å². The number of hydrogen-bond acceptors (Lipinski definition) is 4. The van der Waals surface area contributed by atoms with Gasteiger partial charge in [0.15, 0.2) is 9.84 Å². The Hall–Kier alpha value is -0.910. The minimum absolute atomic E-state index is 0.140. The first-order chi connectivity index (χ1) is 9.15. The van der Waals surface area contributed by atoms with Crippen LogP contribution in [-0.4, -0.2) is 33.9 Å². The van der Waals surface area contributed by atoms with Gasteiger partial charge in [-0.05, 0) is 37.9 Å². The maximum Gasteiger partial charge on any atom is 0.178 e. The smallest absolute Gasteiger partial charge is 0.178 e. The summed E-state index contributed by atoms with van der Waals surface area (Å²) < 4.78 is 29.3. The quantitative estimate of drug-likeness (QED) is 0.810. The van der Waals surface area contributed by atoms with Crippen LogP contribution in [0.4, 0.5) is 0 Å². The molecule has 0 amide bonds. The molecule has 1 aromatic carbocycles. The normalized spacial score (nSPS) is 21.0. The highest BCUT2D eigenvalue weighted by Gasteiger charge is 2.29. The lowest BCUT2D eigenvalue weighted by Crippen LogP contribution is -2.30. The van der Waals surface area contributed by atoms with E-state index in [-0.39, 0.29) is 11.8 Å². The monoisotopic (exact) mass is 283 g/mol. The Bertz CT molecular complexity index is 513. The molecule has 5 heteroatoms. The number of rotatable bonds is 6. The number of ether oxygens (including phenoxy) is 1. The van der Waals surface area contributed by atoms with E-state index in [0.717, 1.165) is 31.7 Å². The Morgan fingerprint density at radius 2 is 2.16 bits per heavy atom. The van der Waals surface area contributed by atoms with Gasteiger partial charge in [-0.1, -0.05) is 18.2 Å². The SMILES string of the molecule is CCOCCCNC1CCS(=O)(=O)c2ccccc21. The Kier molecular flexibility index (Phi) is 4.96. The molecule has 1 heterocycles. The third kappa shape index (κ3) is 3.55. The van der Waals surface area contributed by atoms with Crippen LogP contribution in [0.5, 0.6) is 0 Å². The molecule has 1 aromatic rings. The van der Waals surface area contributed by atoms with Crippen molar-refractivity contribution < 1.29 is 13.2 Å². The minimum atomic E-state index is -3.08. The van der Waals surface area contributed by atoms with Crippen molar-refractivity contribution in [2.75, 3.05) is 25.5 Å². The first-order valence-corrected chi connectivity index (χ1v) is 8.43. The summed E-state index contributed by atoms with van der Waals surface area (Å²) in [6.07, 6.45) is 1.59. The van der Waals surface area contributed by atoms with Crippen molar-refractivity contribution in [3.63, 3.8) is 0 Å². The molecule has 1 aliphatic rings. The van der Waals surface area contributed by atoms with Gasteiger partial charge < -0.3 is 10.1 Å². The van der Waals surface area contributed by atoms with Gasteiger partial charge in [0.1, 0.15) is 0 Å². The Balaban J connectivity index is 2.00. The van der Waals surface area contributed by atoms with Crippen LogP contribution in [0.1, 0.15) is 31.4 Å². The summed E-state index contributed by atoms with van der Waals surface area (Å²) in [4.78, 5) is 0.489. The fourth-order valence-corrected chi connectivity index (χ4v) is 4.02. The second-order valence-electron chi connectivity index (χ2n) is 4.70. The highest BCUT2D eigenvalue weighted by molar-refractivity contribution is 7.91. The molecule has 1 atom stereocenters. The van der Waals surface area contributed by atoms with Crippen molar-refractivity contribution in [2.45, 2.75) is 30.7 Å². The van der Waals surface area contributed by atoms with Gasteiger partial charge in [0, 0.05) is 19.3 Å². The molecule has 1 unspecified atom stereocenters. The second kappa shape index (κ2) is 6.50. The van der Waals surface area contributed by atoms with Gasteiger partial charge in [0.2, 0.25) is 0 Å². The van der Waals surface area contributed by atoms with Crippen molar-refractivity contribution in [3.8, 4) is 0 Å².